The average Bonchev–Trinajstić information content (AvgIpc) is 3.36. The Morgan fingerprint density at radius 1 is 0.554 bits per heavy atom. The Bertz CT molecular complexity index is 2070. The molecule has 8 rings (SSSR count). The van der Waals surface area contributed by atoms with Gasteiger partial charge < -0.3 is 24.0 Å². The molecule has 4 aromatic carbocycles. The molecule has 65 heavy (non-hydrogen) atoms. The molecule has 0 N–H and O–H groups in total. The van der Waals surface area contributed by atoms with Crippen LogP contribution in [0.3, 0.4) is 0 Å². The highest BCUT2D eigenvalue weighted by Crippen LogP contribution is 2.36. The summed E-state index contributed by atoms with van der Waals surface area (Å²) in [6.07, 6.45) is 4.41. The van der Waals surface area contributed by atoms with Crippen LogP contribution in [0.1, 0.15) is 63.5 Å². The number of benzene rings is 4. The average molecular weight is 891 g/mol. The number of anilines is 2. The second kappa shape index (κ2) is 23.7. The van der Waals surface area contributed by atoms with E-state index in [-0.39, 0.29) is 28.7 Å². The molecule has 11 nitrogen and oxygen atoms in total. The van der Waals surface area contributed by atoms with Crippen LogP contribution in [0.5, 0.6) is 5.75 Å². The maximum absolute atomic E-state index is 14.7. The first-order valence-electron chi connectivity index (χ1n) is 23.9. The first-order chi connectivity index (χ1) is 31.8. The van der Waals surface area contributed by atoms with Crippen molar-refractivity contribution >= 4 is 23.2 Å². The summed E-state index contributed by atoms with van der Waals surface area (Å²) >= 11 is 0. The molecule has 0 atom stereocenters. The summed E-state index contributed by atoms with van der Waals surface area (Å²) in [6, 6.07) is 35.8. The number of ether oxygens (including phenoxy) is 3. The molecule has 12 heteroatoms. The second-order valence-electron chi connectivity index (χ2n) is 18.0. The number of carbonyl (C=O) groups is 2. The number of rotatable bonds is 15. The second-order valence-corrected chi connectivity index (χ2v) is 18.0. The molecule has 0 aliphatic carbocycles. The molecule has 4 aliphatic rings. The maximum atomic E-state index is 14.7. The minimum absolute atomic E-state index is 0.0383. The lowest BCUT2D eigenvalue weighted by atomic mass is 9.86. The number of nitrogens with zero attached hydrogens (tertiary/aromatic N) is 6. The summed E-state index contributed by atoms with van der Waals surface area (Å²) in [4.78, 5) is 39.9. The third-order valence-electron chi connectivity index (χ3n) is 14.1. The maximum Gasteiger partial charge on any atom is 0.226 e. The third kappa shape index (κ3) is 12.4. The molecule has 0 radical (unpaired) electrons. The van der Waals surface area contributed by atoms with Gasteiger partial charge >= 0.3 is 0 Å². The van der Waals surface area contributed by atoms with Crippen LogP contribution in [0.25, 0.3) is 0 Å². The standard InChI is InChI=1S/C27H37N3O3.C26H34FN3O2/c1-3-26(31)30(24-11-7-8-12-25(24)32-2)22-27(13-19-33-20-14-27)29-17-15-28(16-18-29)21-23-9-5-4-6-10-23;1-2-25(31)30(24-11-7-6-10-23(24)27)21-26(12-18-32-19-13-26)29-16-14-28(15-17-29)20-22-8-4-3-5-9-22/h4-12H,3,13-22H2,1-2H3;3-11H,2,12-21H2,1H3. The van der Waals surface area contributed by atoms with Gasteiger partial charge in [-0.3, -0.25) is 29.2 Å². The molecule has 4 aromatic rings. The lowest BCUT2D eigenvalue weighted by molar-refractivity contribution is -0.120. The van der Waals surface area contributed by atoms with Crippen molar-refractivity contribution in [3.05, 3.63) is 126 Å². The van der Waals surface area contributed by atoms with E-state index in [1.165, 1.54) is 17.2 Å². The summed E-state index contributed by atoms with van der Waals surface area (Å²) in [5.74, 6) is 0.496. The molecule has 4 saturated heterocycles. The summed E-state index contributed by atoms with van der Waals surface area (Å²) in [5.41, 5.74) is 3.67. The number of halogens is 1. The molecule has 0 unspecified atom stereocenters. The monoisotopic (exact) mass is 891 g/mol. The van der Waals surface area contributed by atoms with Gasteiger partial charge in [0.25, 0.3) is 0 Å². The minimum Gasteiger partial charge on any atom is -0.495 e. The fourth-order valence-corrected chi connectivity index (χ4v) is 10.2. The quantitative estimate of drug-likeness (QED) is 0.119. The molecule has 0 spiro atoms. The molecule has 4 fully saturated rings. The lowest BCUT2D eigenvalue weighted by Gasteiger charge is -2.51. The normalized spacial score (nSPS) is 19.4. The van der Waals surface area contributed by atoms with Crippen LogP contribution < -0.4 is 14.5 Å². The van der Waals surface area contributed by atoms with Gasteiger partial charge in [-0.25, -0.2) is 4.39 Å². The van der Waals surface area contributed by atoms with Gasteiger partial charge in [0, 0.05) is 129 Å². The number of hydrogen-bond acceptors (Lipinski definition) is 9. The van der Waals surface area contributed by atoms with E-state index < -0.39 is 0 Å². The Kier molecular flexibility index (Phi) is 17.6. The molecular weight excluding hydrogens is 820 g/mol. The molecule has 4 aliphatic heterocycles. The molecule has 0 saturated carbocycles. The van der Waals surface area contributed by atoms with E-state index in [0.29, 0.717) is 44.8 Å². The highest BCUT2D eigenvalue weighted by atomic mass is 19.1. The Morgan fingerprint density at radius 3 is 1.35 bits per heavy atom. The van der Waals surface area contributed by atoms with Crippen LogP contribution in [0.4, 0.5) is 15.8 Å². The summed E-state index contributed by atoms with van der Waals surface area (Å²) in [6.45, 7) is 17.7. The molecule has 350 valence electrons. The third-order valence-corrected chi connectivity index (χ3v) is 14.1. The van der Waals surface area contributed by atoms with E-state index in [1.54, 1.807) is 30.2 Å². The molecule has 0 aromatic heterocycles. The zero-order chi connectivity index (χ0) is 45.5. The van der Waals surface area contributed by atoms with Crippen molar-refractivity contribution < 1.29 is 28.2 Å². The number of hydrogen-bond donors (Lipinski definition) is 0. The van der Waals surface area contributed by atoms with Crippen LogP contribution in [0.15, 0.2) is 109 Å². The van der Waals surface area contributed by atoms with Gasteiger partial charge in [0.2, 0.25) is 11.8 Å². The van der Waals surface area contributed by atoms with Gasteiger partial charge in [0.1, 0.15) is 11.6 Å². The number of methoxy groups -OCH3 is 1. The topological polar surface area (TPSA) is 81.3 Å². The van der Waals surface area contributed by atoms with E-state index in [1.807, 2.05) is 43.0 Å². The van der Waals surface area contributed by atoms with Gasteiger partial charge in [0.15, 0.2) is 0 Å². The van der Waals surface area contributed by atoms with Gasteiger partial charge in [-0.2, -0.15) is 0 Å². The van der Waals surface area contributed by atoms with Gasteiger partial charge in [-0.15, -0.1) is 0 Å². The smallest absolute Gasteiger partial charge is 0.226 e. The van der Waals surface area contributed by atoms with Crippen LogP contribution in [-0.4, -0.2) is 141 Å². The fraction of sp³-hybridized carbons (Fsp3) is 0.509. The lowest BCUT2D eigenvalue weighted by Crippen LogP contribution is -2.63. The Labute approximate surface area is 387 Å². The number of para-hydroxylation sites is 3. The summed E-state index contributed by atoms with van der Waals surface area (Å²) < 4.78 is 31.8. The summed E-state index contributed by atoms with van der Waals surface area (Å²) in [7, 11) is 1.67. The molecular formula is C53H71FN6O5. The van der Waals surface area contributed by atoms with E-state index in [9.17, 15) is 14.0 Å². The van der Waals surface area contributed by atoms with Crippen LogP contribution in [0.2, 0.25) is 0 Å². The minimum atomic E-state index is -0.343. The number of carbonyl (C=O) groups excluding carboxylic acids is 2. The Hall–Kier alpha value is -4.69. The van der Waals surface area contributed by atoms with E-state index >= 15 is 0 Å². The first-order valence-corrected chi connectivity index (χ1v) is 23.9. The molecule has 2 amide bonds. The van der Waals surface area contributed by atoms with E-state index in [2.05, 4.69) is 80.3 Å². The van der Waals surface area contributed by atoms with Crippen molar-refractivity contribution in [2.75, 3.05) is 109 Å². The Morgan fingerprint density at radius 2 is 0.938 bits per heavy atom. The van der Waals surface area contributed by atoms with Crippen molar-refractivity contribution in [3.63, 3.8) is 0 Å². The van der Waals surface area contributed by atoms with Gasteiger partial charge in [0.05, 0.1) is 18.5 Å². The summed E-state index contributed by atoms with van der Waals surface area (Å²) in [5, 5.41) is 0. The van der Waals surface area contributed by atoms with Crippen LogP contribution in [-0.2, 0) is 32.2 Å². The first kappa shape index (κ1) is 48.2. The van der Waals surface area contributed by atoms with E-state index in [0.717, 1.165) is 116 Å². The Balaban J connectivity index is 0.000000194. The molecule has 4 heterocycles. The highest BCUT2D eigenvalue weighted by Gasteiger charge is 2.44. The largest absolute Gasteiger partial charge is 0.495 e. The van der Waals surface area contributed by atoms with Crippen molar-refractivity contribution in [1.82, 2.24) is 19.6 Å². The predicted octanol–water partition coefficient (Wildman–Crippen LogP) is 7.74. The van der Waals surface area contributed by atoms with Gasteiger partial charge in [-0.05, 0) is 61.1 Å². The fourth-order valence-electron chi connectivity index (χ4n) is 10.2. The number of amides is 2. The zero-order valence-electron chi connectivity index (χ0n) is 39.1. The van der Waals surface area contributed by atoms with E-state index in [4.69, 9.17) is 14.2 Å². The van der Waals surface area contributed by atoms with Crippen LogP contribution >= 0.6 is 0 Å². The van der Waals surface area contributed by atoms with Crippen molar-refractivity contribution in [1.29, 1.82) is 0 Å². The molecule has 0 bridgehead atoms. The highest BCUT2D eigenvalue weighted by molar-refractivity contribution is 5.95. The predicted molar refractivity (Wildman–Crippen MR) is 257 cm³/mol. The SMILES string of the molecule is CCC(=O)N(CC1(N2CCN(Cc3ccccc3)CC2)CCOCC1)c1ccccc1F.CCC(=O)N(CC1(N2CCN(Cc3ccccc3)CC2)CCOCC1)c1ccccc1OC. The van der Waals surface area contributed by atoms with Crippen molar-refractivity contribution in [3.8, 4) is 5.75 Å². The number of piperazine rings is 2. The van der Waals surface area contributed by atoms with Crippen molar-refractivity contribution in [2.24, 2.45) is 0 Å². The zero-order valence-corrected chi connectivity index (χ0v) is 39.1. The van der Waals surface area contributed by atoms with Crippen molar-refractivity contribution in [2.45, 2.75) is 76.5 Å². The van der Waals surface area contributed by atoms with Crippen LogP contribution in [0, 0.1) is 5.82 Å². The van der Waals surface area contributed by atoms with Gasteiger partial charge in [-0.1, -0.05) is 98.8 Å².